The topological polar surface area (TPSA) is 26.3 Å². The molecule has 0 aromatic heterocycles. The first-order valence-electron chi connectivity index (χ1n) is 6.38. The number of hydrogen-bond donors (Lipinski definition) is 0. The van der Waals surface area contributed by atoms with E-state index in [4.69, 9.17) is 0 Å². The maximum absolute atomic E-state index is 12.1. The van der Waals surface area contributed by atoms with Crippen LogP contribution in [0.4, 0.5) is 13.2 Å². The van der Waals surface area contributed by atoms with E-state index < -0.39 is 6.36 Å². The van der Waals surface area contributed by atoms with Gasteiger partial charge >= 0.3 is 6.36 Å². The largest absolute Gasteiger partial charge is 0.573 e. The summed E-state index contributed by atoms with van der Waals surface area (Å²) >= 11 is 0. The van der Waals surface area contributed by atoms with E-state index in [1.54, 1.807) is 31.2 Å². The molecule has 0 radical (unpaired) electrons. The molecule has 110 valence electrons. The van der Waals surface area contributed by atoms with Gasteiger partial charge in [-0.25, -0.2) is 0 Å². The molecule has 0 heterocycles. The van der Waals surface area contributed by atoms with Gasteiger partial charge in [0, 0.05) is 12.0 Å². The Morgan fingerprint density at radius 1 is 0.952 bits per heavy atom. The lowest BCUT2D eigenvalue weighted by Crippen LogP contribution is -2.16. The standard InChI is InChI=1S/C16H13F3O2/c1-2-15(20)13-5-3-11(4-6-13)12-7-9-14(10-8-12)21-16(17,18)19/h3-10H,2H2,1H3. The van der Waals surface area contributed by atoms with E-state index in [1.165, 1.54) is 24.3 Å². The fourth-order valence-electron chi connectivity index (χ4n) is 1.90. The van der Waals surface area contributed by atoms with Crippen LogP contribution < -0.4 is 4.74 Å². The number of hydrogen-bond acceptors (Lipinski definition) is 2. The monoisotopic (exact) mass is 294 g/mol. The van der Waals surface area contributed by atoms with E-state index in [-0.39, 0.29) is 11.5 Å². The van der Waals surface area contributed by atoms with Crippen molar-refractivity contribution in [3.63, 3.8) is 0 Å². The molecule has 21 heavy (non-hydrogen) atoms. The van der Waals surface area contributed by atoms with Crippen LogP contribution in [0.3, 0.4) is 0 Å². The van der Waals surface area contributed by atoms with Crippen LogP contribution in [0.2, 0.25) is 0 Å². The highest BCUT2D eigenvalue weighted by molar-refractivity contribution is 5.96. The molecule has 0 aliphatic heterocycles. The number of carbonyl (C=O) groups excluding carboxylic acids is 1. The molecule has 0 saturated carbocycles. The fourth-order valence-corrected chi connectivity index (χ4v) is 1.90. The van der Waals surface area contributed by atoms with Crippen molar-refractivity contribution < 1.29 is 22.7 Å². The lowest BCUT2D eigenvalue weighted by molar-refractivity contribution is -0.274. The lowest BCUT2D eigenvalue weighted by atomic mass is 10.0. The predicted octanol–water partition coefficient (Wildman–Crippen LogP) is 4.84. The van der Waals surface area contributed by atoms with E-state index >= 15 is 0 Å². The van der Waals surface area contributed by atoms with Crippen molar-refractivity contribution >= 4 is 5.78 Å². The van der Waals surface area contributed by atoms with Crippen molar-refractivity contribution in [2.24, 2.45) is 0 Å². The molecular weight excluding hydrogens is 281 g/mol. The molecule has 0 amide bonds. The number of carbonyl (C=O) groups is 1. The average molecular weight is 294 g/mol. The zero-order valence-electron chi connectivity index (χ0n) is 11.3. The van der Waals surface area contributed by atoms with E-state index in [1.807, 2.05) is 0 Å². The van der Waals surface area contributed by atoms with E-state index in [2.05, 4.69) is 4.74 Å². The van der Waals surface area contributed by atoms with Gasteiger partial charge in [0.15, 0.2) is 5.78 Å². The smallest absolute Gasteiger partial charge is 0.406 e. The molecule has 0 bridgehead atoms. The second-order valence-electron chi connectivity index (χ2n) is 4.43. The summed E-state index contributed by atoms with van der Waals surface area (Å²) in [5.41, 5.74) is 2.19. The Morgan fingerprint density at radius 3 is 1.86 bits per heavy atom. The summed E-state index contributed by atoms with van der Waals surface area (Å²) in [5, 5.41) is 0. The first-order chi connectivity index (χ1) is 9.89. The Bertz CT molecular complexity index is 613. The van der Waals surface area contributed by atoms with Crippen LogP contribution in [0.1, 0.15) is 23.7 Å². The molecule has 0 fully saturated rings. The Balaban J connectivity index is 2.17. The fraction of sp³-hybridized carbons (Fsp3) is 0.188. The zero-order valence-corrected chi connectivity index (χ0v) is 11.3. The van der Waals surface area contributed by atoms with Crippen LogP contribution in [-0.2, 0) is 0 Å². The van der Waals surface area contributed by atoms with Crippen LogP contribution in [0.25, 0.3) is 11.1 Å². The highest BCUT2D eigenvalue weighted by Crippen LogP contribution is 2.26. The number of ether oxygens (including phenoxy) is 1. The summed E-state index contributed by atoms with van der Waals surface area (Å²) in [7, 11) is 0. The molecule has 0 aliphatic rings. The number of rotatable bonds is 4. The predicted molar refractivity (Wildman–Crippen MR) is 73.2 cm³/mol. The molecule has 0 aliphatic carbocycles. The summed E-state index contributed by atoms with van der Waals surface area (Å²) in [6.07, 6.45) is -4.26. The maximum Gasteiger partial charge on any atom is 0.573 e. The van der Waals surface area contributed by atoms with Crippen LogP contribution in [0.15, 0.2) is 48.5 Å². The molecule has 0 saturated heterocycles. The zero-order chi connectivity index (χ0) is 15.5. The molecular formula is C16H13F3O2. The highest BCUT2D eigenvalue weighted by atomic mass is 19.4. The third kappa shape index (κ3) is 4.08. The van der Waals surface area contributed by atoms with Crippen molar-refractivity contribution in [1.82, 2.24) is 0 Å². The molecule has 0 spiro atoms. The summed E-state index contributed by atoms with van der Waals surface area (Å²) in [4.78, 5) is 11.5. The van der Waals surface area contributed by atoms with Crippen molar-refractivity contribution in [1.29, 1.82) is 0 Å². The third-order valence-corrected chi connectivity index (χ3v) is 2.95. The van der Waals surface area contributed by atoms with Crippen LogP contribution in [0, 0.1) is 0 Å². The van der Waals surface area contributed by atoms with Crippen molar-refractivity contribution in [3.8, 4) is 16.9 Å². The van der Waals surface area contributed by atoms with E-state index in [9.17, 15) is 18.0 Å². The average Bonchev–Trinajstić information content (AvgIpc) is 2.46. The quantitative estimate of drug-likeness (QED) is 0.754. The second kappa shape index (κ2) is 5.99. The minimum absolute atomic E-state index is 0.0514. The number of halogens is 3. The van der Waals surface area contributed by atoms with Gasteiger partial charge in [-0.15, -0.1) is 13.2 Å². The molecule has 0 unspecified atom stereocenters. The number of benzene rings is 2. The SMILES string of the molecule is CCC(=O)c1ccc(-c2ccc(OC(F)(F)F)cc2)cc1. The second-order valence-corrected chi connectivity index (χ2v) is 4.43. The molecule has 2 aromatic rings. The van der Waals surface area contributed by atoms with Gasteiger partial charge in [-0.1, -0.05) is 43.3 Å². The van der Waals surface area contributed by atoms with Crippen molar-refractivity contribution in [2.45, 2.75) is 19.7 Å². The molecule has 2 nitrogen and oxygen atoms in total. The number of alkyl halides is 3. The minimum atomic E-state index is -4.69. The highest BCUT2D eigenvalue weighted by Gasteiger charge is 2.30. The summed E-state index contributed by atoms with van der Waals surface area (Å²) in [6.45, 7) is 1.79. The van der Waals surface area contributed by atoms with Crippen LogP contribution in [-0.4, -0.2) is 12.1 Å². The minimum Gasteiger partial charge on any atom is -0.406 e. The first-order valence-corrected chi connectivity index (χ1v) is 6.38. The van der Waals surface area contributed by atoms with Gasteiger partial charge in [-0.3, -0.25) is 4.79 Å². The number of ketones is 1. The van der Waals surface area contributed by atoms with Gasteiger partial charge < -0.3 is 4.74 Å². The normalized spacial score (nSPS) is 11.2. The van der Waals surface area contributed by atoms with Gasteiger partial charge in [0.05, 0.1) is 0 Å². The Morgan fingerprint density at radius 2 is 1.43 bits per heavy atom. The maximum atomic E-state index is 12.1. The third-order valence-electron chi connectivity index (χ3n) is 2.95. The molecule has 0 atom stereocenters. The molecule has 0 N–H and O–H groups in total. The summed E-state index contributed by atoms with van der Waals surface area (Å²) in [5.74, 6) is -0.209. The summed E-state index contributed by atoms with van der Waals surface area (Å²) in [6, 6.07) is 12.5. The van der Waals surface area contributed by atoms with Gasteiger partial charge in [0.2, 0.25) is 0 Å². The van der Waals surface area contributed by atoms with E-state index in [0.717, 1.165) is 11.1 Å². The molecule has 2 rings (SSSR count). The van der Waals surface area contributed by atoms with E-state index in [0.29, 0.717) is 12.0 Å². The molecule has 5 heteroatoms. The van der Waals surface area contributed by atoms with Gasteiger partial charge in [-0.05, 0) is 23.3 Å². The molecule has 2 aromatic carbocycles. The van der Waals surface area contributed by atoms with Crippen molar-refractivity contribution in [3.05, 3.63) is 54.1 Å². The van der Waals surface area contributed by atoms with Gasteiger partial charge in [0.1, 0.15) is 5.75 Å². The lowest BCUT2D eigenvalue weighted by Gasteiger charge is -2.09. The Kier molecular flexibility index (Phi) is 4.31. The number of Topliss-reactive ketones (excluding diaryl/α,β-unsaturated/α-hetero) is 1. The van der Waals surface area contributed by atoms with Gasteiger partial charge in [-0.2, -0.15) is 0 Å². The van der Waals surface area contributed by atoms with Gasteiger partial charge in [0.25, 0.3) is 0 Å². The van der Waals surface area contributed by atoms with Crippen LogP contribution in [0.5, 0.6) is 5.75 Å². The van der Waals surface area contributed by atoms with Crippen molar-refractivity contribution in [2.75, 3.05) is 0 Å². The summed E-state index contributed by atoms with van der Waals surface area (Å²) < 4.78 is 40.0. The first kappa shape index (κ1) is 15.1. The Labute approximate surface area is 120 Å². The Hall–Kier alpha value is -2.30. The van der Waals surface area contributed by atoms with Crippen LogP contribution >= 0.6 is 0 Å².